The van der Waals surface area contributed by atoms with Gasteiger partial charge < -0.3 is 0 Å². The molecule has 4 rings (SSSR count). The number of nitrogens with zero attached hydrogens (tertiary/aromatic N) is 5. The van der Waals surface area contributed by atoms with E-state index in [1.807, 2.05) is 13.8 Å². The summed E-state index contributed by atoms with van der Waals surface area (Å²) in [5.41, 5.74) is 3.58. The smallest absolute Gasteiger partial charge is 0.216 e. The van der Waals surface area contributed by atoms with Gasteiger partial charge in [0.1, 0.15) is 0 Å². The zero-order valence-electron chi connectivity index (χ0n) is 13.7. The van der Waals surface area contributed by atoms with Gasteiger partial charge in [0.15, 0.2) is 10.8 Å². The van der Waals surface area contributed by atoms with Gasteiger partial charge in [-0.25, -0.2) is 10.1 Å². The van der Waals surface area contributed by atoms with E-state index in [2.05, 4.69) is 30.1 Å². The van der Waals surface area contributed by atoms with Crippen LogP contribution in [0.3, 0.4) is 0 Å². The van der Waals surface area contributed by atoms with Gasteiger partial charge in [-0.2, -0.15) is 14.9 Å². The number of aromatic nitrogens is 5. The van der Waals surface area contributed by atoms with Gasteiger partial charge in [-0.05, 0) is 44.3 Å². The summed E-state index contributed by atoms with van der Waals surface area (Å²) in [7, 11) is 0. The number of aromatic amines is 1. The van der Waals surface area contributed by atoms with E-state index >= 15 is 0 Å². The van der Waals surface area contributed by atoms with E-state index in [9.17, 15) is 0 Å². The Morgan fingerprint density at radius 3 is 2.88 bits per heavy atom. The van der Waals surface area contributed by atoms with Crippen LogP contribution in [0.2, 0.25) is 10.0 Å². The molecule has 6 nitrogen and oxygen atoms in total. The van der Waals surface area contributed by atoms with Crippen molar-refractivity contribution in [3.8, 4) is 11.4 Å². The summed E-state index contributed by atoms with van der Waals surface area (Å²) in [5.74, 6) is 0.508. The van der Waals surface area contributed by atoms with Crippen LogP contribution in [0.1, 0.15) is 17.1 Å². The van der Waals surface area contributed by atoms with E-state index in [1.54, 1.807) is 35.8 Å². The molecular formula is C16H12Cl2N6S2. The number of hydrogen-bond acceptors (Lipinski definition) is 5. The van der Waals surface area contributed by atoms with Gasteiger partial charge in [-0.3, -0.25) is 4.40 Å². The maximum atomic E-state index is 6.30. The number of hydrogen-bond donors (Lipinski definition) is 1. The maximum Gasteiger partial charge on any atom is 0.216 e. The van der Waals surface area contributed by atoms with Crippen LogP contribution >= 0.6 is 46.8 Å². The summed E-state index contributed by atoms with van der Waals surface area (Å²) >= 11 is 19.2. The molecule has 26 heavy (non-hydrogen) atoms. The standard InChI is InChI=1S/C16H12Cl2N6S2/c1-8-7-26-16-20-9(2)13(23(8)16)6-19-24-14(21-22-15(24)25)11-4-3-10(17)5-12(11)18/h3-7H,1-2H3,(H,22,25)/b19-6+. The van der Waals surface area contributed by atoms with Gasteiger partial charge in [0.25, 0.3) is 0 Å². The molecule has 0 unspecified atom stereocenters. The predicted octanol–water partition coefficient (Wildman–Crippen LogP) is 5.12. The summed E-state index contributed by atoms with van der Waals surface area (Å²) in [6, 6.07) is 5.18. The molecule has 4 aromatic rings. The Hall–Kier alpha value is -2.00. The average Bonchev–Trinajstić information content (AvgIpc) is 3.22. The quantitative estimate of drug-likeness (QED) is 0.367. The van der Waals surface area contributed by atoms with Crippen molar-refractivity contribution in [2.45, 2.75) is 13.8 Å². The molecule has 0 fully saturated rings. The first-order valence-corrected chi connectivity index (χ1v) is 9.60. The lowest BCUT2D eigenvalue weighted by atomic mass is 10.2. The number of rotatable bonds is 3. The number of thiazole rings is 1. The van der Waals surface area contributed by atoms with Crippen LogP contribution in [-0.2, 0) is 0 Å². The summed E-state index contributed by atoms with van der Waals surface area (Å²) in [5, 5.41) is 14.6. The molecule has 1 aromatic carbocycles. The molecule has 0 aliphatic rings. The molecule has 0 bridgehead atoms. The Morgan fingerprint density at radius 1 is 1.31 bits per heavy atom. The van der Waals surface area contributed by atoms with Gasteiger partial charge in [-0.15, -0.1) is 11.3 Å². The Balaban J connectivity index is 1.83. The van der Waals surface area contributed by atoms with E-state index in [0.717, 1.165) is 22.0 Å². The molecule has 0 aliphatic carbocycles. The molecule has 1 N–H and O–H groups in total. The fourth-order valence-corrected chi connectivity index (χ4v) is 4.22. The minimum atomic E-state index is 0.364. The number of imidazole rings is 1. The van der Waals surface area contributed by atoms with Gasteiger partial charge in [0.2, 0.25) is 4.77 Å². The van der Waals surface area contributed by atoms with Crippen LogP contribution in [0, 0.1) is 18.6 Å². The van der Waals surface area contributed by atoms with Crippen molar-refractivity contribution < 1.29 is 0 Å². The number of H-pyrrole nitrogens is 1. The van der Waals surface area contributed by atoms with Gasteiger partial charge in [0.05, 0.1) is 22.6 Å². The number of halogens is 2. The van der Waals surface area contributed by atoms with Crippen molar-refractivity contribution in [2.24, 2.45) is 5.10 Å². The molecule has 10 heteroatoms. The molecule has 0 saturated heterocycles. The number of fused-ring (bicyclic) bond motifs is 1. The van der Waals surface area contributed by atoms with Crippen LogP contribution in [0.5, 0.6) is 0 Å². The summed E-state index contributed by atoms with van der Waals surface area (Å²) in [6.07, 6.45) is 1.73. The zero-order valence-corrected chi connectivity index (χ0v) is 16.8. The first-order chi connectivity index (χ1) is 12.5. The molecular weight excluding hydrogens is 411 g/mol. The third kappa shape index (κ3) is 2.88. The van der Waals surface area contributed by atoms with E-state index < -0.39 is 0 Å². The SMILES string of the molecule is Cc1nc2scc(C)n2c1/C=N/n1c(-c2ccc(Cl)cc2Cl)n[nH]c1=S. The summed E-state index contributed by atoms with van der Waals surface area (Å²) in [4.78, 5) is 5.49. The average molecular weight is 423 g/mol. The van der Waals surface area contributed by atoms with Crippen molar-refractivity contribution in [3.05, 3.63) is 55.5 Å². The third-order valence-corrected chi connectivity index (χ3v) is 5.63. The molecule has 0 saturated carbocycles. The molecule has 0 spiro atoms. The molecule has 0 atom stereocenters. The highest BCUT2D eigenvalue weighted by molar-refractivity contribution is 7.71. The molecule has 0 aliphatic heterocycles. The number of nitrogens with one attached hydrogen (secondary N) is 1. The maximum absolute atomic E-state index is 6.30. The lowest BCUT2D eigenvalue weighted by Gasteiger charge is -2.04. The van der Waals surface area contributed by atoms with Crippen molar-refractivity contribution >= 4 is 57.9 Å². The van der Waals surface area contributed by atoms with Crippen LogP contribution in [0.15, 0.2) is 28.7 Å². The minimum Gasteiger partial charge on any atom is -0.286 e. The first-order valence-electron chi connectivity index (χ1n) is 7.56. The van der Waals surface area contributed by atoms with E-state index in [1.165, 1.54) is 4.68 Å². The lowest BCUT2D eigenvalue weighted by molar-refractivity contribution is 0.869. The largest absolute Gasteiger partial charge is 0.286 e. The van der Waals surface area contributed by atoms with Crippen molar-refractivity contribution in [3.63, 3.8) is 0 Å². The fraction of sp³-hybridized carbons (Fsp3) is 0.125. The molecule has 3 aromatic heterocycles. The van der Waals surface area contributed by atoms with E-state index in [4.69, 9.17) is 35.4 Å². The Bertz CT molecular complexity index is 1210. The van der Waals surface area contributed by atoms with Crippen LogP contribution in [0.25, 0.3) is 16.3 Å². The highest BCUT2D eigenvalue weighted by Gasteiger charge is 2.14. The van der Waals surface area contributed by atoms with Gasteiger partial charge >= 0.3 is 0 Å². The molecule has 0 radical (unpaired) electrons. The second-order valence-corrected chi connectivity index (χ2v) is 7.68. The van der Waals surface area contributed by atoms with Crippen LogP contribution in [-0.4, -0.2) is 30.5 Å². The van der Waals surface area contributed by atoms with Gasteiger partial charge in [0, 0.05) is 21.7 Å². The molecule has 3 heterocycles. The Morgan fingerprint density at radius 2 is 2.12 bits per heavy atom. The van der Waals surface area contributed by atoms with Crippen molar-refractivity contribution in [1.29, 1.82) is 0 Å². The van der Waals surface area contributed by atoms with Gasteiger partial charge in [-0.1, -0.05) is 23.2 Å². The number of aryl methyl sites for hydroxylation is 2. The lowest BCUT2D eigenvalue weighted by Crippen LogP contribution is -1.99. The summed E-state index contributed by atoms with van der Waals surface area (Å²) in [6.45, 7) is 3.98. The molecule has 132 valence electrons. The molecule has 0 amide bonds. The monoisotopic (exact) mass is 422 g/mol. The predicted molar refractivity (Wildman–Crippen MR) is 108 cm³/mol. The van der Waals surface area contributed by atoms with E-state index in [0.29, 0.717) is 26.2 Å². The normalized spacial score (nSPS) is 11.8. The highest BCUT2D eigenvalue weighted by Crippen LogP contribution is 2.29. The Kier molecular flexibility index (Phi) is 4.44. The van der Waals surface area contributed by atoms with Crippen molar-refractivity contribution in [2.75, 3.05) is 0 Å². The highest BCUT2D eigenvalue weighted by atomic mass is 35.5. The topological polar surface area (TPSA) is 63.3 Å². The zero-order chi connectivity index (χ0) is 18.4. The van der Waals surface area contributed by atoms with E-state index in [-0.39, 0.29) is 0 Å². The van der Waals surface area contributed by atoms with Crippen LogP contribution in [0.4, 0.5) is 0 Å². The second kappa shape index (κ2) is 6.62. The number of benzene rings is 1. The second-order valence-electron chi connectivity index (χ2n) is 5.61. The minimum absolute atomic E-state index is 0.364. The third-order valence-electron chi connectivity index (χ3n) is 3.87. The first kappa shape index (κ1) is 17.4. The van der Waals surface area contributed by atoms with Crippen molar-refractivity contribution in [1.82, 2.24) is 24.3 Å². The fourth-order valence-electron chi connectivity index (χ4n) is 2.63. The Labute approximate surface area is 167 Å². The van der Waals surface area contributed by atoms with Crippen LogP contribution < -0.4 is 0 Å². The summed E-state index contributed by atoms with van der Waals surface area (Å²) < 4.78 is 3.95.